The van der Waals surface area contributed by atoms with Crippen molar-refractivity contribution in [2.75, 3.05) is 5.73 Å². The Bertz CT molecular complexity index is 716. The molecule has 0 aliphatic carbocycles. The van der Waals surface area contributed by atoms with Crippen LogP contribution in [0.1, 0.15) is 28.5 Å². The topological polar surface area (TPSA) is 81.0 Å². The monoisotopic (exact) mass is 287 g/mol. The fourth-order valence-corrected chi connectivity index (χ4v) is 1.96. The Morgan fingerprint density at radius 1 is 1.52 bits per heavy atom. The van der Waals surface area contributed by atoms with E-state index in [0.717, 1.165) is 0 Å². The average Bonchev–Trinajstić information content (AvgIpc) is 2.87. The van der Waals surface area contributed by atoms with Gasteiger partial charge in [-0.3, -0.25) is 0 Å². The predicted molar refractivity (Wildman–Crippen MR) is 74.8 cm³/mol. The van der Waals surface area contributed by atoms with Crippen LogP contribution < -0.4 is 5.73 Å². The van der Waals surface area contributed by atoms with Crippen LogP contribution in [0.15, 0.2) is 30.5 Å². The lowest BCUT2D eigenvalue weighted by atomic mass is 10.1. The Balaban J connectivity index is 2.13. The van der Waals surface area contributed by atoms with Gasteiger partial charge in [-0.25, -0.2) is 9.18 Å². The first-order chi connectivity index (χ1) is 10.1. The van der Waals surface area contributed by atoms with Crippen molar-refractivity contribution in [1.29, 1.82) is 5.26 Å². The van der Waals surface area contributed by atoms with Crippen molar-refractivity contribution in [1.82, 2.24) is 4.57 Å². The van der Waals surface area contributed by atoms with E-state index in [-0.39, 0.29) is 17.7 Å². The highest BCUT2D eigenvalue weighted by Crippen LogP contribution is 2.16. The van der Waals surface area contributed by atoms with Crippen LogP contribution in [-0.4, -0.2) is 10.5 Å². The fourth-order valence-electron chi connectivity index (χ4n) is 1.96. The molecular formula is C15H14FN3O2. The maximum atomic E-state index is 13.8. The Labute approximate surface area is 121 Å². The molecule has 0 bridgehead atoms. The number of anilines is 1. The van der Waals surface area contributed by atoms with Crippen LogP contribution >= 0.6 is 0 Å². The number of benzene rings is 1. The standard InChI is InChI=1S/C15H14FN3O2/c1-2-19-8-12(18)6-13(19)15(20)21-9-11-5-3-4-10(7-17)14(11)16/h3-6,8H,2,9,18H2,1H3. The maximum absolute atomic E-state index is 13.8. The summed E-state index contributed by atoms with van der Waals surface area (Å²) in [5.41, 5.74) is 6.49. The molecule has 0 aliphatic rings. The summed E-state index contributed by atoms with van der Waals surface area (Å²) in [6, 6.07) is 7.62. The molecule has 0 atom stereocenters. The Hall–Kier alpha value is -2.81. The van der Waals surface area contributed by atoms with Crippen molar-refractivity contribution in [2.45, 2.75) is 20.1 Å². The van der Waals surface area contributed by atoms with E-state index in [1.54, 1.807) is 16.8 Å². The molecule has 1 aromatic carbocycles. The van der Waals surface area contributed by atoms with Gasteiger partial charge in [-0.05, 0) is 19.1 Å². The van der Waals surface area contributed by atoms with Gasteiger partial charge >= 0.3 is 5.97 Å². The summed E-state index contributed by atoms with van der Waals surface area (Å²) >= 11 is 0. The van der Waals surface area contributed by atoms with Crippen LogP contribution in [0.2, 0.25) is 0 Å². The van der Waals surface area contributed by atoms with Crippen LogP contribution in [0, 0.1) is 17.1 Å². The van der Waals surface area contributed by atoms with Crippen molar-refractivity contribution in [3.05, 3.63) is 53.1 Å². The molecular weight excluding hydrogens is 273 g/mol. The van der Waals surface area contributed by atoms with Gasteiger partial charge in [0.05, 0.1) is 11.3 Å². The molecule has 2 aromatic rings. The van der Waals surface area contributed by atoms with Crippen LogP contribution in [-0.2, 0) is 17.9 Å². The molecule has 108 valence electrons. The molecule has 0 saturated carbocycles. The maximum Gasteiger partial charge on any atom is 0.355 e. The van der Waals surface area contributed by atoms with Crippen LogP contribution in [0.3, 0.4) is 0 Å². The van der Waals surface area contributed by atoms with E-state index in [0.29, 0.717) is 17.9 Å². The number of aryl methyl sites for hydroxylation is 1. The number of ether oxygens (including phenoxy) is 1. The highest BCUT2D eigenvalue weighted by molar-refractivity contribution is 5.89. The zero-order valence-corrected chi connectivity index (χ0v) is 11.5. The summed E-state index contributed by atoms with van der Waals surface area (Å²) < 4.78 is 20.6. The lowest BCUT2D eigenvalue weighted by Gasteiger charge is -2.08. The molecule has 0 unspecified atom stereocenters. The van der Waals surface area contributed by atoms with Gasteiger partial charge in [0, 0.05) is 18.3 Å². The van der Waals surface area contributed by atoms with E-state index in [1.807, 2.05) is 6.92 Å². The number of carbonyl (C=O) groups excluding carboxylic acids is 1. The molecule has 5 nitrogen and oxygen atoms in total. The Morgan fingerprint density at radius 2 is 2.29 bits per heavy atom. The van der Waals surface area contributed by atoms with Gasteiger partial charge in [-0.15, -0.1) is 0 Å². The number of hydrogen-bond acceptors (Lipinski definition) is 4. The zero-order chi connectivity index (χ0) is 15.4. The number of esters is 1. The van der Waals surface area contributed by atoms with Crippen molar-refractivity contribution in [3.63, 3.8) is 0 Å². The Kier molecular flexibility index (Phi) is 4.24. The number of aromatic nitrogens is 1. The molecule has 2 N–H and O–H groups in total. The lowest BCUT2D eigenvalue weighted by molar-refractivity contribution is 0.0456. The average molecular weight is 287 g/mol. The third-order valence-corrected chi connectivity index (χ3v) is 3.03. The summed E-state index contributed by atoms with van der Waals surface area (Å²) in [5.74, 6) is -1.26. The molecule has 1 aromatic heterocycles. The quantitative estimate of drug-likeness (QED) is 0.876. The molecule has 0 radical (unpaired) electrons. The van der Waals surface area contributed by atoms with Gasteiger partial charge < -0.3 is 15.0 Å². The van der Waals surface area contributed by atoms with Crippen molar-refractivity contribution in [2.24, 2.45) is 0 Å². The van der Waals surface area contributed by atoms with Crippen LogP contribution in [0.4, 0.5) is 10.1 Å². The smallest absolute Gasteiger partial charge is 0.355 e. The van der Waals surface area contributed by atoms with Gasteiger partial charge in [0.2, 0.25) is 0 Å². The number of nitrogen functional groups attached to an aromatic ring is 1. The van der Waals surface area contributed by atoms with E-state index in [4.69, 9.17) is 15.7 Å². The predicted octanol–water partition coefficient (Wildman–Crippen LogP) is 2.46. The summed E-state index contributed by atoms with van der Waals surface area (Å²) in [7, 11) is 0. The number of hydrogen-bond donors (Lipinski definition) is 1. The first kappa shape index (κ1) is 14.6. The fraction of sp³-hybridized carbons (Fsp3) is 0.200. The van der Waals surface area contributed by atoms with E-state index in [2.05, 4.69) is 0 Å². The van der Waals surface area contributed by atoms with Crippen molar-refractivity contribution in [3.8, 4) is 6.07 Å². The summed E-state index contributed by atoms with van der Waals surface area (Å²) in [4.78, 5) is 12.0. The summed E-state index contributed by atoms with van der Waals surface area (Å²) in [6.07, 6.45) is 1.63. The number of rotatable bonds is 4. The van der Waals surface area contributed by atoms with Gasteiger partial charge in [0.1, 0.15) is 24.2 Å². The van der Waals surface area contributed by atoms with E-state index < -0.39 is 11.8 Å². The van der Waals surface area contributed by atoms with Gasteiger partial charge in [-0.1, -0.05) is 12.1 Å². The van der Waals surface area contributed by atoms with Gasteiger partial charge in [0.25, 0.3) is 0 Å². The van der Waals surface area contributed by atoms with E-state index in [1.165, 1.54) is 24.3 Å². The molecule has 0 saturated heterocycles. The summed E-state index contributed by atoms with van der Waals surface area (Å²) in [5, 5.41) is 8.75. The van der Waals surface area contributed by atoms with Gasteiger partial charge in [-0.2, -0.15) is 5.26 Å². The molecule has 0 spiro atoms. The third kappa shape index (κ3) is 3.03. The minimum absolute atomic E-state index is 0.0790. The zero-order valence-electron chi connectivity index (χ0n) is 11.5. The lowest BCUT2D eigenvalue weighted by Crippen LogP contribution is -2.11. The highest BCUT2D eigenvalue weighted by atomic mass is 19.1. The highest BCUT2D eigenvalue weighted by Gasteiger charge is 2.15. The number of nitriles is 1. The van der Waals surface area contributed by atoms with Gasteiger partial charge in [0.15, 0.2) is 0 Å². The second-order valence-electron chi connectivity index (χ2n) is 4.41. The SMILES string of the molecule is CCn1cc(N)cc1C(=O)OCc1cccc(C#N)c1F. The molecule has 2 rings (SSSR count). The number of carbonyl (C=O) groups is 1. The Morgan fingerprint density at radius 3 is 2.95 bits per heavy atom. The third-order valence-electron chi connectivity index (χ3n) is 3.03. The summed E-state index contributed by atoms with van der Waals surface area (Å²) in [6.45, 7) is 2.20. The number of halogens is 1. The minimum Gasteiger partial charge on any atom is -0.456 e. The molecule has 0 aliphatic heterocycles. The van der Waals surface area contributed by atoms with Crippen molar-refractivity contribution >= 4 is 11.7 Å². The van der Waals surface area contributed by atoms with Crippen LogP contribution in [0.25, 0.3) is 0 Å². The second kappa shape index (κ2) is 6.09. The molecule has 0 amide bonds. The first-order valence-corrected chi connectivity index (χ1v) is 6.37. The number of nitrogens with zero attached hydrogens (tertiary/aromatic N) is 2. The normalized spacial score (nSPS) is 10.1. The van der Waals surface area contributed by atoms with E-state index in [9.17, 15) is 9.18 Å². The van der Waals surface area contributed by atoms with Crippen LogP contribution in [0.5, 0.6) is 0 Å². The molecule has 0 fully saturated rings. The van der Waals surface area contributed by atoms with E-state index >= 15 is 0 Å². The molecule has 1 heterocycles. The molecule has 21 heavy (non-hydrogen) atoms. The minimum atomic E-state index is -0.668. The second-order valence-corrected chi connectivity index (χ2v) is 4.41. The first-order valence-electron chi connectivity index (χ1n) is 6.37. The van der Waals surface area contributed by atoms with Crippen molar-refractivity contribution < 1.29 is 13.9 Å². The largest absolute Gasteiger partial charge is 0.456 e. The number of nitrogens with two attached hydrogens (primary N) is 1. The molecule has 6 heteroatoms.